The van der Waals surface area contributed by atoms with Gasteiger partial charge in [0.1, 0.15) is 0 Å². The standard InChI is InChI=1S/C26H27Cl2N5O/c27-21-7-4-8-23(25(21)28)31-15-17-33(18-16-31)26(34)20-11-13-32(14-12-20)24-10-9-22(29-30-24)19-5-2-1-3-6-19/h1-10,20H,11-18H2. The summed E-state index contributed by atoms with van der Waals surface area (Å²) in [6.07, 6.45) is 1.67. The van der Waals surface area contributed by atoms with Crippen molar-refractivity contribution in [1.29, 1.82) is 0 Å². The van der Waals surface area contributed by atoms with Gasteiger partial charge in [0.05, 0.1) is 21.4 Å². The zero-order chi connectivity index (χ0) is 23.5. The van der Waals surface area contributed by atoms with Gasteiger partial charge >= 0.3 is 0 Å². The molecule has 0 atom stereocenters. The van der Waals surface area contributed by atoms with Crippen molar-refractivity contribution < 1.29 is 4.79 Å². The van der Waals surface area contributed by atoms with Crippen molar-refractivity contribution in [3.63, 3.8) is 0 Å². The van der Waals surface area contributed by atoms with E-state index in [0.29, 0.717) is 23.1 Å². The second-order valence-electron chi connectivity index (χ2n) is 8.79. The van der Waals surface area contributed by atoms with Gasteiger partial charge in [-0.15, -0.1) is 10.2 Å². The molecule has 5 rings (SSSR count). The van der Waals surface area contributed by atoms with E-state index in [1.54, 1.807) is 6.07 Å². The van der Waals surface area contributed by atoms with E-state index in [9.17, 15) is 4.79 Å². The minimum Gasteiger partial charge on any atom is -0.367 e. The van der Waals surface area contributed by atoms with Gasteiger partial charge in [-0.3, -0.25) is 4.79 Å². The van der Waals surface area contributed by atoms with E-state index in [1.165, 1.54) is 0 Å². The van der Waals surface area contributed by atoms with Crippen molar-refractivity contribution in [2.24, 2.45) is 5.92 Å². The molecule has 1 amide bonds. The maximum absolute atomic E-state index is 13.2. The fourth-order valence-corrected chi connectivity index (χ4v) is 5.19. The van der Waals surface area contributed by atoms with Gasteiger partial charge in [-0.05, 0) is 37.1 Å². The number of anilines is 2. The third-order valence-electron chi connectivity index (χ3n) is 6.75. The Morgan fingerprint density at radius 3 is 2.18 bits per heavy atom. The number of hydrogen-bond donors (Lipinski definition) is 0. The molecule has 6 nitrogen and oxygen atoms in total. The molecule has 2 fully saturated rings. The highest BCUT2D eigenvalue weighted by molar-refractivity contribution is 6.43. The number of carbonyl (C=O) groups is 1. The van der Waals surface area contributed by atoms with Crippen LogP contribution < -0.4 is 9.80 Å². The van der Waals surface area contributed by atoms with E-state index in [0.717, 1.165) is 61.8 Å². The molecule has 176 valence electrons. The van der Waals surface area contributed by atoms with Crippen LogP contribution in [0.15, 0.2) is 60.7 Å². The quantitative estimate of drug-likeness (QED) is 0.508. The summed E-state index contributed by atoms with van der Waals surface area (Å²) in [6, 6.07) is 19.8. The fourth-order valence-electron chi connectivity index (χ4n) is 4.77. The summed E-state index contributed by atoms with van der Waals surface area (Å²) in [7, 11) is 0. The SMILES string of the molecule is O=C(C1CCN(c2ccc(-c3ccccc3)nn2)CC1)N1CCN(c2cccc(Cl)c2Cl)CC1. The number of piperazine rings is 1. The summed E-state index contributed by atoms with van der Waals surface area (Å²) in [5.41, 5.74) is 2.87. The van der Waals surface area contributed by atoms with Crippen molar-refractivity contribution in [3.05, 3.63) is 70.7 Å². The molecule has 2 aliphatic rings. The number of amides is 1. The Morgan fingerprint density at radius 1 is 0.765 bits per heavy atom. The number of hydrogen-bond acceptors (Lipinski definition) is 5. The second kappa shape index (κ2) is 10.2. The van der Waals surface area contributed by atoms with Crippen molar-refractivity contribution in [3.8, 4) is 11.3 Å². The number of aromatic nitrogens is 2. The Kier molecular flexibility index (Phi) is 6.88. The normalized spacial score (nSPS) is 17.2. The van der Waals surface area contributed by atoms with Crippen LogP contribution in [0.2, 0.25) is 10.0 Å². The van der Waals surface area contributed by atoms with Crippen LogP contribution in [0.4, 0.5) is 11.5 Å². The minimum atomic E-state index is 0.0640. The third kappa shape index (κ3) is 4.84. The first-order valence-electron chi connectivity index (χ1n) is 11.7. The molecular weight excluding hydrogens is 469 g/mol. The maximum atomic E-state index is 13.2. The average molecular weight is 496 g/mol. The van der Waals surface area contributed by atoms with Crippen molar-refractivity contribution in [2.45, 2.75) is 12.8 Å². The Bertz CT molecular complexity index is 1130. The van der Waals surface area contributed by atoms with Crippen LogP contribution in [-0.2, 0) is 4.79 Å². The van der Waals surface area contributed by atoms with Crippen LogP contribution in [0.3, 0.4) is 0 Å². The van der Waals surface area contributed by atoms with Gasteiger partial charge in [0.2, 0.25) is 5.91 Å². The molecule has 0 spiro atoms. The molecule has 8 heteroatoms. The average Bonchev–Trinajstić information content (AvgIpc) is 2.91. The highest BCUT2D eigenvalue weighted by Crippen LogP contribution is 2.33. The molecule has 0 aliphatic carbocycles. The Labute approximate surface area is 210 Å². The summed E-state index contributed by atoms with van der Waals surface area (Å²) in [6.45, 7) is 4.55. The predicted octanol–water partition coefficient (Wildman–Crippen LogP) is 5.02. The summed E-state index contributed by atoms with van der Waals surface area (Å²) in [5, 5.41) is 9.99. The van der Waals surface area contributed by atoms with Gasteiger partial charge in [0.15, 0.2) is 5.82 Å². The van der Waals surface area contributed by atoms with Gasteiger partial charge in [-0.2, -0.15) is 0 Å². The van der Waals surface area contributed by atoms with Crippen molar-refractivity contribution in [2.75, 3.05) is 49.1 Å². The second-order valence-corrected chi connectivity index (χ2v) is 9.57. The van der Waals surface area contributed by atoms with Crippen LogP contribution >= 0.6 is 23.2 Å². The molecule has 34 heavy (non-hydrogen) atoms. The monoisotopic (exact) mass is 495 g/mol. The first-order chi connectivity index (χ1) is 16.6. The predicted molar refractivity (Wildman–Crippen MR) is 138 cm³/mol. The smallest absolute Gasteiger partial charge is 0.225 e. The highest BCUT2D eigenvalue weighted by atomic mass is 35.5. The Morgan fingerprint density at radius 2 is 1.50 bits per heavy atom. The van der Waals surface area contributed by atoms with Crippen molar-refractivity contribution >= 4 is 40.6 Å². The molecule has 3 aromatic rings. The van der Waals surface area contributed by atoms with E-state index < -0.39 is 0 Å². The van der Waals surface area contributed by atoms with E-state index in [1.807, 2.05) is 59.5 Å². The molecule has 2 saturated heterocycles. The van der Waals surface area contributed by atoms with E-state index >= 15 is 0 Å². The lowest BCUT2D eigenvalue weighted by Gasteiger charge is -2.39. The summed E-state index contributed by atoms with van der Waals surface area (Å²) < 4.78 is 0. The first kappa shape index (κ1) is 22.9. The molecule has 0 unspecified atom stereocenters. The van der Waals surface area contributed by atoms with Crippen LogP contribution in [0.5, 0.6) is 0 Å². The number of benzene rings is 2. The maximum Gasteiger partial charge on any atom is 0.225 e. The zero-order valence-corrected chi connectivity index (χ0v) is 20.4. The lowest BCUT2D eigenvalue weighted by molar-refractivity contribution is -0.136. The van der Waals surface area contributed by atoms with Gasteiger partial charge in [-0.1, -0.05) is 59.6 Å². The molecule has 2 aliphatic heterocycles. The van der Waals surface area contributed by atoms with E-state index in [4.69, 9.17) is 23.2 Å². The molecule has 3 heterocycles. The summed E-state index contributed by atoms with van der Waals surface area (Å²) in [4.78, 5) is 19.6. The third-order valence-corrected chi connectivity index (χ3v) is 7.56. The molecule has 1 aromatic heterocycles. The molecule has 0 N–H and O–H groups in total. The topological polar surface area (TPSA) is 52.6 Å². The molecule has 0 bridgehead atoms. The van der Waals surface area contributed by atoms with Crippen LogP contribution in [0.25, 0.3) is 11.3 Å². The number of carbonyl (C=O) groups excluding carboxylic acids is 1. The number of rotatable bonds is 4. The number of halogens is 2. The lowest BCUT2D eigenvalue weighted by atomic mass is 9.95. The van der Waals surface area contributed by atoms with E-state index in [2.05, 4.69) is 20.0 Å². The first-order valence-corrected chi connectivity index (χ1v) is 12.5. The number of piperidine rings is 1. The highest BCUT2D eigenvalue weighted by Gasteiger charge is 2.31. The Hall–Kier alpha value is -2.83. The van der Waals surface area contributed by atoms with Crippen LogP contribution in [0, 0.1) is 5.92 Å². The largest absolute Gasteiger partial charge is 0.367 e. The van der Waals surface area contributed by atoms with Crippen LogP contribution in [-0.4, -0.2) is 60.3 Å². The minimum absolute atomic E-state index is 0.0640. The van der Waals surface area contributed by atoms with Crippen molar-refractivity contribution in [1.82, 2.24) is 15.1 Å². The summed E-state index contributed by atoms with van der Waals surface area (Å²) in [5.74, 6) is 1.20. The van der Waals surface area contributed by atoms with Gasteiger partial charge in [0, 0.05) is 50.7 Å². The molecular formula is C26H27Cl2N5O. The van der Waals surface area contributed by atoms with Gasteiger partial charge < -0.3 is 14.7 Å². The molecule has 2 aromatic carbocycles. The van der Waals surface area contributed by atoms with Crippen LogP contribution in [0.1, 0.15) is 12.8 Å². The zero-order valence-electron chi connectivity index (χ0n) is 18.9. The molecule has 0 radical (unpaired) electrons. The lowest BCUT2D eigenvalue weighted by Crippen LogP contribution is -2.51. The Balaban J connectivity index is 1.13. The van der Waals surface area contributed by atoms with E-state index in [-0.39, 0.29) is 11.8 Å². The van der Waals surface area contributed by atoms with Gasteiger partial charge in [0.25, 0.3) is 0 Å². The summed E-state index contributed by atoms with van der Waals surface area (Å²) >= 11 is 12.6. The fraction of sp³-hybridized carbons (Fsp3) is 0.346. The molecule has 0 saturated carbocycles. The number of nitrogens with zero attached hydrogens (tertiary/aromatic N) is 5. The van der Waals surface area contributed by atoms with Gasteiger partial charge in [-0.25, -0.2) is 0 Å².